The van der Waals surface area contributed by atoms with Gasteiger partial charge in [-0.05, 0) is 0 Å². The van der Waals surface area contributed by atoms with Gasteiger partial charge in [0, 0.05) is 0 Å². The van der Waals surface area contributed by atoms with Gasteiger partial charge < -0.3 is 0 Å². The summed E-state index contributed by atoms with van der Waals surface area (Å²) in [5.74, 6) is 0.845. The zero-order valence-electron chi connectivity index (χ0n) is 8.29. The molecule has 0 aromatic carbocycles. The summed E-state index contributed by atoms with van der Waals surface area (Å²) >= 11 is 3.05. The van der Waals surface area contributed by atoms with Crippen LogP contribution in [0.15, 0.2) is 0 Å². The van der Waals surface area contributed by atoms with E-state index in [1.807, 2.05) is 11.8 Å². The third-order valence-corrected chi connectivity index (χ3v) is 3.75. The molecule has 0 saturated heterocycles. The molecule has 0 aliphatic rings. The molecule has 0 amide bonds. The minimum Gasteiger partial charge on any atom is -0.147 e. The predicted molar refractivity (Wildman–Crippen MR) is 63.5 cm³/mol. The monoisotopic (exact) mass is 332 g/mol. The van der Waals surface area contributed by atoms with Crippen LogP contribution in [0.5, 0.6) is 0 Å². The fourth-order valence-corrected chi connectivity index (χ4v) is 2.18. The maximum Gasteiger partial charge on any atom is -0.147 e. The Labute approximate surface area is 106 Å². The van der Waals surface area contributed by atoms with Crippen molar-refractivity contribution in [1.29, 1.82) is 0 Å². The minimum absolute atomic E-state index is 0. The van der Waals surface area contributed by atoms with Crippen molar-refractivity contribution in [2.45, 2.75) is 44.4 Å². The molecule has 0 bridgehead atoms. The molecule has 0 aliphatic carbocycles. The molecule has 3 radical (unpaired) electrons. The van der Waals surface area contributed by atoms with E-state index >= 15 is 0 Å². The van der Waals surface area contributed by atoms with Crippen LogP contribution in [0.25, 0.3) is 0 Å². The van der Waals surface area contributed by atoms with Crippen LogP contribution >= 0.6 is 24.2 Å². The standard InChI is InChI=1S/C8H18NOS.ClH.Sn/c1-7(9)4-3-5-8(2)11-6-10;;/h7-8H,3-6,9H2,1-2H3;1H;/q-1;;+1. The first-order valence-electron chi connectivity index (χ1n) is 4.32. The summed E-state index contributed by atoms with van der Waals surface area (Å²) < 4.78 is 5.07. The largest absolute Gasteiger partial charge is 0.147 e. The number of hydrogen-bond acceptors (Lipinski definition) is 3. The second-order valence-electron chi connectivity index (χ2n) is 3.15. The van der Waals surface area contributed by atoms with Crippen molar-refractivity contribution >= 4 is 47.1 Å². The number of halogens is 1. The van der Waals surface area contributed by atoms with Crippen molar-refractivity contribution in [2.75, 3.05) is 5.94 Å². The van der Waals surface area contributed by atoms with Gasteiger partial charge in [-0.1, -0.05) is 0 Å². The maximum absolute atomic E-state index is 5.65. The third-order valence-electron chi connectivity index (χ3n) is 1.68. The predicted octanol–water partition coefficient (Wildman–Crippen LogP) is 2.11. The Balaban J connectivity index is 0. The van der Waals surface area contributed by atoms with E-state index in [0.29, 0.717) is 11.3 Å². The molecule has 2 unspecified atom stereocenters. The average molecular weight is 331 g/mol. The Morgan fingerprint density at radius 2 is 2.00 bits per heavy atom. The van der Waals surface area contributed by atoms with Crippen LogP contribution in [-0.2, 0) is 3.07 Å². The Bertz CT molecular complexity index is 108. The van der Waals surface area contributed by atoms with Gasteiger partial charge in [-0.2, -0.15) is 0 Å². The van der Waals surface area contributed by atoms with Crippen LogP contribution in [-0.4, -0.2) is 40.2 Å². The van der Waals surface area contributed by atoms with Crippen LogP contribution in [0.4, 0.5) is 0 Å². The molecule has 5 heteroatoms. The van der Waals surface area contributed by atoms with Crippen molar-refractivity contribution in [2.24, 2.45) is 5.73 Å². The second kappa shape index (κ2) is 11.4. The van der Waals surface area contributed by atoms with E-state index in [9.17, 15) is 0 Å². The minimum atomic E-state index is 0. The molecule has 2 atom stereocenters. The van der Waals surface area contributed by atoms with Gasteiger partial charge in [0.2, 0.25) is 0 Å². The molecule has 0 aromatic heterocycles. The van der Waals surface area contributed by atoms with Gasteiger partial charge in [-0.25, -0.2) is 0 Å². The van der Waals surface area contributed by atoms with Gasteiger partial charge in [-0.3, -0.25) is 0 Å². The summed E-state index contributed by atoms with van der Waals surface area (Å²) in [7, 11) is 0. The molecular formula is C8H19ClNOSSn. The zero-order chi connectivity index (χ0) is 9.40. The molecule has 79 valence electrons. The third kappa shape index (κ3) is 13.4. The molecule has 2 nitrogen and oxygen atoms in total. The summed E-state index contributed by atoms with van der Waals surface area (Å²) in [6.45, 7) is 4.32. The van der Waals surface area contributed by atoms with E-state index in [0.717, 1.165) is 12.4 Å². The fraction of sp³-hybridized carbons (Fsp3) is 1.00. The van der Waals surface area contributed by atoms with Gasteiger partial charge in [0.25, 0.3) is 0 Å². The van der Waals surface area contributed by atoms with Crippen molar-refractivity contribution in [3.8, 4) is 0 Å². The van der Waals surface area contributed by atoms with E-state index < -0.39 is 0 Å². The molecule has 13 heavy (non-hydrogen) atoms. The SMILES string of the molecule is CC(N)CCCC(C)SC[O][Sn].Cl. The van der Waals surface area contributed by atoms with E-state index in [1.54, 1.807) is 0 Å². The Morgan fingerprint density at radius 1 is 1.38 bits per heavy atom. The van der Waals surface area contributed by atoms with Crippen LogP contribution in [0.1, 0.15) is 33.1 Å². The quantitative estimate of drug-likeness (QED) is 0.573. The first kappa shape index (κ1) is 16.8. The normalized spacial score (nSPS) is 14.8. The number of thioether (sulfide) groups is 1. The van der Waals surface area contributed by atoms with Gasteiger partial charge in [-0.15, -0.1) is 12.4 Å². The molecule has 0 saturated carbocycles. The van der Waals surface area contributed by atoms with Crippen molar-refractivity contribution in [3.05, 3.63) is 0 Å². The number of rotatable bonds is 7. The van der Waals surface area contributed by atoms with Gasteiger partial charge in [0.05, 0.1) is 0 Å². The van der Waals surface area contributed by atoms with Crippen LogP contribution in [0.3, 0.4) is 0 Å². The van der Waals surface area contributed by atoms with Crippen LogP contribution < -0.4 is 5.73 Å². The Hall–Kier alpha value is 1.36. The summed E-state index contributed by atoms with van der Waals surface area (Å²) in [6.07, 6.45) is 3.64. The topological polar surface area (TPSA) is 35.2 Å². The van der Waals surface area contributed by atoms with Gasteiger partial charge in [0.1, 0.15) is 0 Å². The molecule has 2 N–H and O–H groups in total. The molecular weight excluding hydrogens is 312 g/mol. The van der Waals surface area contributed by atoms with Gasteiger partial charge >= 0.3 is 93.8 Å². The molecule has 0 aliphatic heterocycles. The van der Waals surface area contributed by atoms with Crippen LogP contribution in [0, 0.1) is 0 Å². The molecule has 0 aromatic rings. The Kier molecular flexibility index (Phi) is 14.8. The van der Waals surface area contributed by atoms with Crippen molar-refractivity contribution < 1.29 is 3.07 Å². The molecule has 0 spiro atoms. The molecule has 0 rings (SSSR count). The van der Waals surface area contributed by atoms with E-state index in [-0.39, 0.29) is 12.4 Å². The fourth-order valence-electron chi connectivity index (χ4n) is 0.961. The van der Waals surface area contributed by atoms with E-state index in [1.165, 1.54) is 35.8 Å². The van der Waals surface area contributed by atoms with E-state index in [4.69, 9.17) is 8.81 Å². The second-order valence-corrected chi connectivity index (χ2v) is 5.35. The van der Waals surface area contributed by atoms with Crippen LogP contribution in [0.2, 0.25) is 0 Å². The number of nitrogens with two attached hydrogens (primary N) is 1. The summed E-state index contributed by atoms with van der Waals surface area (Å²) in [4.78, 5) is 0. The first-order chi connectivity index (χ1) is 5.66. The first-order valence-corrected chi connectivity index (χ1v) is 6.54. The Morgan fingerprint density at radius 3 is 2.46 bits per heavy atom. The molecule has 0 fully saturated rings. The summed E-state index contributed by atoms with van der Waals surface area (Å²) in [5.41, 5.74) is 5.65. The molecule has 0 heterocycles. The maximum atomic E-state index is 5.65. The summed E-state index contributed by atoms with van der Waals surface area (Å²) in [6, 6.07) is 0.356. The van der Waals surface area contributed by atoms with E-state index in [2.05, 4.69) is 13.8 Å². The summed E-state index contributed by atoms with van der Waals surface area (Å²) in [5, 5.41) is 0.712. The smallest absolute Gasteiger partial charge is 0.147 e. The van der Waals surface area contributed by atoms with Crippen molar-refractivity contribution in [3.63, 3.8) is 0 Å². The zero-order valence-corrected chi connectivity index (χ0v) is 12.8. The van der Waals surface area contributed by atoms with Crippen molar-refractivity contribution in [1.82, 2.24) is 0 Å². The number of hydrogen-bond donors (Lipinski definition) is 1. The van der Waals surface area contributed by atoms with Gasteiger partial charge in [0.15, 0.2) is 0 Å². The average Bonchev–Trinajstić information content (AvgIpc) is 2.00.